The fraction of sp³-hybridized carbons (Fsp3) is 0.250. The van der Waals surface area contributed by atoms with E-state index in [1.54, 1.807) is 48.5 Å². The minimum atomic E-state index is -0.890. The molecule has 0 saturated heterocycles. The average molecular weight is 336 g/mol. The molecule has 0 unspecified atom stereocenters. The van der Waals surface area contributed by atoms with Gasteiger partial charge in [0.05, 0.1) is 17.2 Å². The monoisotopic (exact) mass is 336 g/mol. The Labute approximate surface area is 147 Å². The highest BCUT2D eigenvalue weighted by molar-refractivity contribution is 5.99. The zero-order valence-corrected chi connectivity index (χ0v) is 14.3. The molecule has 0 aliphatic carbocycles. The SMILES string of the molecule is CCCNC(=O)[C@@H](C)OC(=O)c1ccccc1-c1ccccc1C#N. The molecule has 0 aromatic heterocycles. The van der Waals surface area contributed by atoms with Gasteiger partial charge in [-0.25, -0.2) is 4.79 Å². The van der Waals surface area contributed by atoms with Gasteiger partial charge in [-0.1, -0.05) is 43.3 Å². The summed E-state index contributed by atoms with van der Waals surface area (Å²) in [6, 6.07) is 16.1. The largest absolute Gasteiger partial charge is 0.449 e. The highest BCUT2D eigenvalue weighted by atomic mass is 16.5. The first-order valence-corrected chi connectivity index (χ1v) is 8.15. The molecular formula is C20H20N2O3. The van der Waals surface area contributed by atoms with Crippen molar-refractivity contribution in [1.29, 1.82) is 5.26 Å². The second-order valence-electron chi connectivity index (χ2n) is 5.54. The summed E-state index contributed by atoms with van der Waals surface area (Å²) in [4.78, 5) is 24.4. The third kappa shape index (κ3) is 4.45. The summed E-state index contributed by atoms with van der Waals surface area (Å²) in [6.45, 7) is 4.02. The summed E-state index contributed by atoms with van der Waals surface area (Å²) in [5.74, 6) is -0.924. The third-order valence-corrected chi connectivity index (χ3v) is 3.69. The van der Waals surface area contributed by atoms with E-state index in [-0.39, 0.29) is 5.91 Å². The number of carbonyl (C=O) groups excluding carboxylic acids is 2. The molecule has 2 rings (SSSR count). The van der Waals surface area contributed by atoms with Gasteiger partial charge in [-0.2, -0.15) is 5.26 Å². The Morgan fingerprint density at radius 1 is 1.12 bits per heavy atom. The molecule has 1 N–H and O–H groups in total. The lowest BCUT2D eigenvalue weighted by molar-refractivity contribution is -0.129. The van der Waals surface area contributed by atoms with Crippen LogP contribution in [0.3, 0.4) is 0 Å². The van der Waals surface area contributed by atoms with Crippen LogP contribution in [0.25, 0.3) is 11.1 Å². The number of nitriles is 1. The van der Waals surface area contributed by atoms with E-state index in [4.69, 9.17) is 4.74 Å². The normalized spacial score (nSPS) is 11.2. The van der Waals surface area contributed by atoms with E-state index < -0.39 is 12.1 Å². The number of hydrogen-bond donors (Lipinski definition) is 1. The molecule has 0 spiro atoms. The van der Waals surface area contributed by atoms with Crippen LogP contribution < -0.4 is 5.32 Å². The lowest BCUT2D eigenvalue weighted by Crippen LogP contribution is -2.36. The van der Waals surface area contributed by atoms with Crippen molar-refractivity contribution in [3.63, 3.8) is 0 Å². The average Bonchev–Trinajstić information content (AvgIpc) is 2.65. The van der Waals surface area contributed by atoms with Crippen LogP contribution in [-0.4, -0.2) is 24.5 Å². The maximum atomic E-state index is 12.5. The van der Waals surface area contributed by atoms with Crippen LogP contribution >= 0.6 is 0 Å². The van der Waals surface area contributed by atoms with Crippen molar-refractivity contribution in [2.45, 2.75) is 26.4 Å². The number of nitrogens with one attached hydrogen (secondary N) is 1. The minimum absolute atomic E-state index is 0.320. The molecule has 128 valence electrons. The van der Waals surface area contributed by atoms with Crippen molar-refractivity contribution in [3.8, 4) is 17.2 Å². The van der Waals surface area contributed by atoms with E-state index in [1.165, 1.54) is 6.92 Å². The zero-order chi connectivity index (χ0) is 18.2. The van der Waals surface area contributed by atoms with Crippen LogP contribution in [0.15, 0.2) is 48.5 Å². The smallest absolute Gasteiger partial charge is 0.339 e. The quantitative estimate of drug-likeness (QED) is 0.821. The predicted molar refractivity (Wildman–Crippen MR) is 94.8 cm³/mol. The Morgan fingerprint density at radius 3 is 2.44 bits per heavy atom. The zero-order valence-electron chi connectivity index (χ0n) is 14.3. The van der Waals surface area contributed by atoms with Gasteiger partial charge in [0.15, 0.2) is 6.10 Å². The first-order valence-electron chi connectivity index (χ1n) is 8.15. The maximum Gasteiger partial charge on any atom is 0.339 e. The van der Waals surface area contributed by atoms with Gasteiger partial charge >= 0.3 is 5.97 Å². The van der Waals surface area contributed by atoms with E-state index in [2.05, 4.69) is 11.4 Å². The molecule has 0 radical (unpaired) electrons. The van der Waals surface area contributed by atoms with E-state index in [0.29, 0.717) is 28.8 Å². The molecule has 0 fully saturated rings. The number of amides is 1. The number of rotatable bonds is 6. The molecular weight excluding hydrogens is 316 g/mol. The maximum absolute atomic E-state index is 12.5. The second-order valence-corrected chi connectivity index (χ2v) is 5.54. The summed E-state index contributed by atoms with van der Waals surface area (Å²) in [7, 11) is 0. The van der Waals surface area contributed by atoms with E-state index in [0.717, 1.165) is 6.42 Å². The summed E-state index contributed by atoms with van der Waals surface area (Å²) < 4.78 is 5.30. The molecule has 1 atom stereocenters. The van der Waals surface area contributed by atoms with Gasteiger partial charge in [0.1, 0.15) is 0 Å². The van der Waals surface area contributed by atoms with Crippen LogP contribution in [-0.2, 0) is 9.53 Å². The number of ether oxygens (including phenoxy) is 1. The van der Waals surface area contributed by atoms with Gasteiger partial charge in [0.25, 0.3) is 5.91 Å². The van der Waals surface area contributed by atoms with Gasteiger partial charge in [-0.15, -0.1) is 0 Å². The Bertz CT molecular complexity index is 809. The first kappa shape index (κ1) is 18.2. The Kier molecular flexibility index (Phi) is 6.30. The fourth-order valence-corrected chi connectivity index (χ4v) is 2.38. The minimum Gasteiger partial charge on any atom is -0.449 e. The molecule has 2 aromatic carbocycles. The van der Waals surface area contributed by atoms with Crippen molar-refractivity contribution in [2.24, 2.45) is 0 Å². The number of carbonyl (C=O) groups is 2. The standard InChI is InChI=1S/C20H20N2O3/c1-3-12-22-19(23)14(2)25-20(24)18-11-7-6-10-17(18)16-9-5-4-8-15(16)13-21/h4-11,14H,3,12H2,1-2H3,(H,22,23)/t14-/m1/s1. The lowest BCUT2D eigenvalue weighted by atomic mass is 9.96. The van der Waals surface area contributed by atoms with Crippen LogP contribution in [0.5, 0.6) is 0 Å². The first-order chi connectivity index (χ1) is 12.1. The number of hydrogen-bond acceptors (Lipinski definition) is 4. The van der Waals surface area contributed by atoms with E-state index in [9.17, 15) is 14.9 Å². The van der Waals surface area contributed by atoms with Crippen LogP contribution in [0, 0.1) is 11.3 Å². The summed E-state index contributed by atoms with van der Waals surface area (Å²) in [5.41, 5.74) is 2.04. The van der Waals surface area contributed by atoms with Crippen LogP contribution in [0.4, 0.5) is 0 Å². The Hall–Kier alpha value is -3.13. The number of benzene rings is 2. The molecule has 0 saturated carbocycles. The van der Waals surface area contributed by atoms with Gasteiger partial charge < -0.3 is 10.1 Å². The summed E-state index contributed by atoms with van der Waals surface area (Å²) in [5, 5.41) is 12.0. The van der Waals surface area contributed by atoms with Crippen molar-refractivity contribution < 1.29 is 14.3 Å². The molecule has 2 aromatic rings. The van der Waals surface area contributed by atoms with E-state index in [1.807, 2.05) is 6.92 Å². The number of nitrogens with zero attached hydrogens (tertiary/aromatic N) is 1. The van der Waals surface area contributed by atoms with Gasteiger partial charge in [0, 0.05) is 12.1 Å². The fourth-order valence-electron chi connectivity index (χ4n) is 2.38. The topological polar surface area (TPSA) is 79.2 Å². The van der Waals surface area contributed by atoms with Crippen molar-refractivity contribution in [2.75, 3.05) is 6.54 Å². The van der Waals surface area contributed by atoms with Crippen molar-refractivity contribution >= 4 is 11.9 Å². The van der Waals surface area contributed by atoms with Gasteiger partial charge in [0.2, 0.25) is 0 Å². The number of esters is 1. The van der Waals surface area contributed by atoms with Crippen LogP contribution in [0.1, 0.15) is 36.2 Å². The van der Waals surface area contributed by atoms with Crippen molar-refractivity contribution in [3.05, 3.63) is 59.7 Å². The lowest BCUT2D eigenvalue weighted by Gasteiger charge is -2.15. The third-order valence-electron chi connectivity index (χ3n) is 3.69. The molecule has 5 heteroatoms. The summed E-state index contributed by atoms with van der Waals surface area (Å²) >= 11 is 0. The van der Waals surface area contributed by atoms with Crippen LogP contribution in [0.2, 0.25) is 0 Å². The highest BCUT2D eigenvalue weighted by Crippen LogP contribution is 2.27. The molecule has 0 aliphatic rings. The summed E-state index contributed by atoms with van der Waals surface area (Å²) in [6.07, 6.45) is -0.0847. The molecule has 0 bridgehead atoms. The molecule has 1 amide bonds. The van der Waals surface area contributed by atoms with E-state index >= 15 is 0 Å². The molecule has 5 nitrogen and oxygen atoms in total. The molecule has 0 heterocycles. The van der Waals surface area contributed by atoms with Crippen molar-refractivity contribution in [1.82, 2.24) is 5.32 Å². The van der Waals surface area contributed by atoms with Gasteiger partial charge in [-0.05, 0) is 31.0 Å². The van der Waals surface area contributed by atoms with Gasteiger partial charge in [-0.3, -0.25) is 4.79 Å². The second kappa shape index (κ2) is 8.65. The predicted octanol–water partition coefficient (Wildman–Crippen LogP) is 3.30. The molecule has 25 heavy (non-hydrogen) atoms. The Balaban J connectivity index is 2.27. The Morgan fingerprint density at radius 2 is 1.76 bits per heavy atom. The highest BCUT2D eigenvalue weighted by Gasteiger charge is 2.21. The molecule has 0 aliphatic heterocycles.